The number of amides is 1. The molecule has 3 aromatic rings. The first-order valence-corrected chi connectivity index (χ1v) is 13.1. The predicted molar refractivity (Wildman–Crippen MR) is 139 cm³/mol. The third-order valence-electron chi connectivity index (χ3n) is 6.55. The van der Waals surface area contributed by atoms with Crippen LogP contribution in [0.2, 0.25) is 5.02 Å². The molecule has 0 bridgehead atoms. The fourth-order valence-electron chi connectivity index (χ4n) is 4.56. The zero-order chi connectivity index (χ0) is 24.5. The van der Waals surface area contributed by atoms with Crippen molar-refractivity contribution in [3.63, 3.8) is 0 Å². The fourth-order valence-corrected chi connectivity index (χ4v) is 5.81. The summed E-state index contributed by atoms with van der Waals surface area (Å²) in [6, 6.07) is 7.58. The molecular formula is C26H29ClN4O3S. The number of hydrogen-bond donors (Lipinski definition) is 1. The molecule has 2 aromatic heterocycles. The van der Waals surface area contributed by atoms with Crippen molar-refractivity contribution in [1.82, 2.24) is 14.5 Å². The maximum Gasteiger partial charge on any atom is 0.262 e. The van der Waals surface area contributed by atoms with E-state index in [9.17, 15) is 4.79 Å². The van der Waals surface area contributed by atoms with Crippen molar-refractivity contribution >= 4 is 34.9 Å². The van der Waals surface area contributed by atoms with Crippen LogP contribution >= 0.6 is 22.9 Å². The lowest BCUT2D eigenvalue weighted by molar-refractivity contribution is 0.0998. The number of nitrogens with two attached hydrogens (primary N) is 1. The normalized spacial score (nSPS) is 17.2. The number of ether oxygens (including phenoxy) is 2. The zero-order valence-electron chi connectivity index (χ0n) is 19.9. The quantitative estimate of drug-likeness (QED) is 0.467. The van der Waals surface area contributed by atoms with Crippen LogP contribution in [0.25, 0.3) is 11.1 Å². The molecule has 0 spiro atoms. The number of imidazole rings is 1. The predicted octanol–water partition coefficient (Wildman–Crippen LogP) is 5.26. The van der Waals surface area contributed by atoms with Gasteiger partial charge in [-0.1, -0.05) is 29.8 Å². The number of halogens is 1. The van der Waals surface area contributed by atoms with Gasteiger partial charge in [-0.15, -0.1) is 11.3 Å². The Bertz CT molecular complexity index is 1260. The Labute approximate surface area is 214 Å². The second-order valence-electron chi connectivity index (χ2n) is 9.07. The number of aryl methyl sites for hydroxylation is 1. The van der Waals surface area contributed by atoms with Crippen molar-refractivity contribution in [1.29, 1.82) is 0 Å². The first kappa shape index (κ1) is 23.9. The third kappa shape index (κ3) is 4.96. The summed E-state index contributed by atoms with van der Waals surface area (Å²) >= 11 is 8.06. The molecule has 184 valence electrons. The Morgan fingerprint density at radius 1 is 1.29 bits per heavy atom. The number of aromatic nitrogens is 2. The number of piperidine rings is 1. The molecule has 7 nitrogen and oxygen atoms in total. The van der Waals surface area contributed by atoms with Gasteiger partial charge in [0.25, 0.3) is 5.91 Å². The maximum atomic E-state index is 12.2. The standard InChI is InChI=1S/C26H29ClN4O3S/c1-16(18-6-5-9-21(24(18)27)34-17-10-12-30(2)13-11-17)33-22-14-23(35-25(22)26(28)32)31-15-29-19-7-3-4-8-20(19)31/h4-6,8-9,14-17H,3,7,10-13H2,1-2H3,(H2,28,32). The molecule has 1 amide bonds. The molecule has 1 aromatic carbocycles. The number of nitrogens with zero attached hydrogens (tertiary/aromatic N) is 3. The summed E-state index contributed by atoms with van der Waals surface area (Å²) in [5.41, 5.74) is 8.57. The summed E-state index contributed by atoms with van der Waals surface area (Å²) in [5, 5.41) is 1.36. The topological polar surface area (TPSA) is 82.6 Å². The van der Waals surface area contributed by atoms with Crippen LogP contribution in [0.5, 0.6) is 11.5 Å². The minimum absolute atomic E-state index is 0.145. The number of carbonyl (C=O) groups excluding carboxylic acids is 1. The molecule has 9 heteroatoms. The lowest BCUT2D eigenvalue weighted by atomic mass is 10.1. The Hall–Kier alpha value is -2.81. The molecule has 1 saturated heterocycles. The number of benzene rings is 1. The summed E-state index contributed by atoms with van der Waals surface area (Å²) in [4.78, 5) is 19.4. The van der Waals surface area contributed by atoms with Gasteiger partial charge in [-0.3, -0.25) is 9.36 Å². The second kappa shape index (κ2) is 10.0. The number of rotatable bonds is 7. The van der Waals surface area contributed by atoms with Gasteiger partial charge in [0, 0.05) is 24.7 Å². The van der Waals surface area contributed by atoms with E-state index in [1.54, 1.807) is 6.33 Å². The van der Waals surface area contributed by atoms with Gasteiger partial charge in [0.1, 0.15) is 39.9 Å². The molecule has 0 saturated carbocycles. The molecule has 35 heavy (non-hydrogen) atoms. The summed E-state index contributed by atoms with van der Waals surface area (Å²) in [6.45, 7) is 3.92. The molecule has 5 rings (SSSR count). The van der Waals surface area contributed by atoms with E-state index in [0.29, 0.717) is 21.4 Å². The number of likely N-dealkylation sites (tertiary alicyclic amines) is 1. The van der Waals surface area contributed by atoms with Crippen molar-refractivity contribution in [3.05, 3.63) is 63.5 Å². The van der Waals surface area contributed by atoms with Crippen LogP contribution in [0.15, 0.2) is 36.7 Å². The van der Waals surface area contributed by atoms with Gasteiger partial charge in [0.2, 0.25) is 0 Å². The van der Waals surface area contributed by atoms with Crippen molar-refractivity contribution in [2.75, 3.05) is 20.1 Å². The summed E-state index contributed by atoms with van der Waals surface area (Å²) in [7, 11) is 2.12. The van der Waals surface area contributed by atoms with Gasteiger partial charge in [-0.2, -0.15) is 0 Å². The van der Waals surface area contributed by atoms with E-state index in [0.717, 1.165) is 60.7 Å². The minimum atomic E-state index is -0.529. The van der Waals surface area contributed by atoms with Gasteiger partial charge >= 0.3 is 0 Å². The van der Waals surface area contributed by atoms with E-state index in [2.05, 4.69) is 29.1 Å². The number of hydrogen-bond acceptors (Lipinski definition) is 6. The molecule has 2 N–H and O–H groups in total. The van der Waals surface area contributed by atoms with E-state index in [1.165, 1.54) is 11.3 Å². The van der Waals surface area contributed by atoms with Crippen LogP contribution in [0.3, 0.4) is 0 Å². The monoisotopic (exact) mass is 512 g/mol. The highest BCUT2D eigenvalue weighted by atomic mass is 35.5. The lowest BCUT2D eigenvalue weighted by Gasteiger charge is -2.30. The average molecular weight is 513 g/mol. The van der Waals surface area contributed by atoms with Crippen LogP contribution in [0.1, 0.15) is 58.9 Å². The second-order valence-corrected chi connectivity index (χ2v) is 10.5. The zero-order valence-corrected chi connectivity index (χ0v) is 21.4. The lowest BCUT2D eigenvalue weighted by Crippen LogP contribution is -2.35. The van der Waals surface area contributed by atoms with Crippen LogP contribution in [0, 0.1) is 0 Å². The molecule has 0 radical (unpaired) electrons. The summed E-state index contributed by atoms with van der Waals surface area (Å²) in [5.74, 6) is 0.565. The van der Waals surface area contributed by atoms with Crippen molar-refractivity contribution in [2.45, 2.75) is 44.8 Å². The highest BCUT2D eigenvalue weighted by Crippen LogP contribution is 2.39. The summed E-state index contributed by atoms with van der Waals surface area (Å²) in [6.07, 6.45) is 9.53. The molecule has 1 fully saturated rings. The van der Waals surface area contributed by atoms with Gasteiger partial charge in [0.05, 0.1) is 16.4 Å². The molecule has 1 unspecified atom stereocenters. The molecule has 1 atom stereocenters. The number of carbonyl (C=O) groups is 1. The Morgan fingerprint density at radius 3 is 2.86 bits per heavy atom. The van der Waals surface area contributed by atoms with Gasteiger partial charge in [0.15, 0.2) is 0 Å². The number of fused-ring (bicyclic) bond motifs is 1. The van der Waals surface area contributed by atoms with Crippen molar-refractivity contribution in [3.8, 4) is 16.5 Å². The Morgan fingerprint density at radius 2 is 2.09 bits per heavy atom. The van der Waals surface area contributed by atoms with E-state index in [4.69, 9.17) is 26.8 Å². The van der Waals surface area contributed by atoms with Crippen LogP contribution in [-0.4, -0.2) is 46.6 Å². The van der Waals surface area contributed by atoms with Gasteiger partial charge < -0.3 is 20.1 Å². The SMILES string of the molecule is CC(Oc1cc(-n2cnc3c2C=CCC3)sc1C(N)=O)c1cccc(OC2CCN(C)CC2)c1Cl. The maximum absolute atomic E-state index is 12.2. The van der Waals surface area contributed by atoms with E-state index in [1.807, 2.05) is 35.8 Å². The number of primary amides is 1. The van der Waals surface area contributed by atoms with E-state index >= 15 is 0 Å². The van der Waals surface area contributed by atoms with Gasteiger partial charge in [-0.05, 0) is 51.8 Å². The molecule has 1 aliphatic heterocycles. The smallest absolute Gasteiger partial charge is 0.262 e. The molecular weight excluding hydrogens is 484 g/mol. The van der Waals surface area contributed by atoms with Gasteiger partial charge in [-0.25, -0.2) is 4.98 Å². The van der Waals surface area contributed by atoms with Crippen molar-refractivity contribution in [2.24, 2.45) is 5.73 Å². The minimum Gasteiger partial charge on any atom is -0.489 e. The Kier molecular flexibility index (Phi) is 6.86. The highest BCUT2D eigenvalue weighted by molar-refractivity contribution is 7.16. The first-order valence-electron chi connectivity index (χ1n) is 11.9. The molecule has 1 aliphatic carbocycles. The summed E-state index contributed by atoms with van der Waals surface area (Å²) < 4.78 is 14.5. The average Bonchev–Trinajstić information content (AvgIpc) is 3.46. The van der Waals surface area contributed by atoms with Crippen molar-refractivity contribution < 1.29 is 14.3 Å². The molecule has 2 aliphatic rings. The Balaban J connectivity index is 1.38. The first-order chi connectivity index (χ1) is 16.9. The third-order valence-corrected chi connectivity index (χ3v) is 8.08. The fraction of sp³-hybridized carbons (Fsp3) is 0.385. The molecule has 3 heterocycles. The number of allylic oxidation sites excluding steroid dienone is 1. The van der Waals surface area contributed by atoms with Crippen LogP contribution in [0.4, 0.5) is 0 Å². The largest absolute Gasteiger partial charge is 0.489 e. The van der Waals surface area contributed by atoms with Crippen LogP contribution in [-0.2, 0) is 6.42 Å². The van der Waals surface area contributed by atoms with E-state index in [-0.39, 0.29) is 6.10 Å². The van der Waals surface area contributed by atoms with E-state index < -0.39 is 12.0 Å². The number of thiophene rings is 1. The highest BCUT2D eigenvalue weighted by Gasteiger charge is 2.24. The van der Waals surface area contributed by atoms with Crippen LogP contribution < -0.4 is 15.2 Å².